The van der Waals surface area contributed by atoms with E-state index in [2.05, 4.69) is 615 Å². The number of para-hydroxylation sites is 2. The molecule has 0 saturated heterocycles. The monoisotopic (exact) mass is 1900 g/mol. The van der Waals surface area contributed by atoms with Gasteiger partial charge in [0.05, 0.1) is 22.7 Å². The molecule has 0 radical (unpaired) electrons. The SMILES string of the molecule is Cc1ccc(N(c2ccc(-c3cccnc3)cc2)c2cc(-c3ccccc3)cc(-c3ccccc3)c2)cc1.Cc1ccc(N(c2cccc3ccccc23)c2cccc3ccccc23)cc1.Cc1ccc(N(c2ccccc2)c2cccc3ccccc23)cc1.Cc1cccc(N(c2cccc(-c3cccnc3)c2)c2ccc3ccccc3c2)c1.Cc1cccc(N(c2ccccc2)c2c3ccccc3cc3ccccc23)c1. The summed E-state index contributed by atoms with van der Waals surface area (Å²) in [6.07, 6.45) is 7.43. The van der Waals surface area contributed by atoms with Crippen LogP contribution < -0.4 is 24.5 Å². The number of rotatable bonds is 19. The maximum atomic E-state index is 4.29. The topological polar surface area (TPSA) is 42.0 Å². The molecule has 2 heterocycles. The lowest BCUT2D eigenvalue weighted by Gasteiger charge is -2.28. The Balaban J connectivity index is 0.000000109. The molecule has 0 N–H and O–H groups in total. The molecular formula is C141H111N7. The number of hydrogen-bond donors (Lipinski definition) is 0. The number of pyridine rings is 2. The van der Waals surface area contributed by atoms with Crippen LogP contribution in [0.1, 0.15) is 27.8 Å². The van der Waals surface area contributed by atoms with Crippen molar-refractivity contribution >= 4 is 150 Å². The fourth-order valence-corrected chi connectivity index (χ4v) is 19.7. The van der Waals surface area contributed by atoms with Crippen LogP contribution in [0.3, 0.4) is 0 Å². The van der Waals surface area contributed by atoms with Gasteiger partial charge in [0.2, 0.25) is 0 Å². The van der Waals surface area contributed by atoms with E-state index in [0.29, 0.717) is 0 Å². The second kappa shape index (κ2) is 45.0. The molecule has 25 aromatic rings. The van der Waals surface area contributed by atoms with Crippen molar-refractivity contribution in [2.24, 2.45) is 0 Å². The number of fused-ring (bicyclic) bond motifs is 6. The van der Waals surface area contributed by atoms with Gasteiger partial charge < -0.3 is 24.5 Å². The lowest BCUT2D eigenvalue weighted by molar-refractivity contribution is 1.27. The van der Waals surface area contributed by atoms with Crippen molar-refractivity contribution in [2.75, 3.05) is 24.5 Å². The van der Waals surface area contributed by atoms with Crippen LogP contribution >= 0.6 is 0 Å². The van der Waals surface area contributed by atoms with Crippen LogP contribution in [-0.2, 0) is 0 Å². The van der Waals surface area contributed by atoms with Gasteiger partial charge in [0.15, 0.2) is 0 Å². The highest BCUT2D eigenvalue weighted by Crippen LogP contribution is 2.49. The van der Waals surface area contributed by atoms with E-state index in [4.69, 9.17) is 0 Å². The Kier molecular flexibility index (Phi) is 28.9. The molecule has 0 bridgehead atoms. The lowest BCUT2D eigenvalue weighted by atomic mass is 9.97. The number of nitrogens with zero attached hydrogens (tertiary/aromatic N) is 7. The minimum atomic E-state index is 1.10. The zero-order valence-corrected chi connectivity index (χ0v) is 83.6. The van der Waals surface area contributed by atoms with Crippen molar-refractivity contribution in [3.63, 3.8) is 0 Å². The van der Waals surface area contributed by atoms with Crippen molar-refractivity contribution in [1.29, 1.82) is 0 Å². The van der Waals surface area contributed by atoms with Crippen LogP contribution in [0.25, 0.3) is 109 Å². The maximum Gasteiger partial charge on any atom is 0.0618 e. The number of aromatic nitrogens is 2. The number of benzene rings is 23. The summed E-state index contributed by atoms with van der Waals surface area (Å²) in [6, 6.07) is 198. The first kappa shape index (κ1) is 95.1. The van der Waals surface area contributed by atoms with E-state index in [1.165, 1.54) is 155 Å². The van der Waals surface area contributed by atoms with Gasteiger partial charge >= 0.3 is 0 Å². The molecule has 2 aromatic heterocycles. The summed E-state index contributed by atoms with van der Waals surface area (Å²) in [4.78, 5) is 20.3. The summed E-state index contributed by atoms with van der Waals surface area (Å²) in [5.74, 6) is 0. The van der Waals surface area contributed by atoms with E-state index in [-0.39, 0.29) is 0 Å². The Labute approximate surface area is 868 Å². The van der Waals surface area contributed by atoms with E-state index >= 15 is 0 Å². The van der Waals surface area contributed by atoms with Crippen molar-refractivity contribution in [1.82, 2.24) is 9.97 Å². The number of aryl methyl sites for hydroxylation is 5. The molecule has 7 nitrogen and oxygen atoms in total. The molecule has 25 rings (SSSR count). The second-order valence-electron chi connectivity index (χ2n) is 37.3. The maximum absolute atomic E-state index is 4.29. The van der Waals surface area contributed by atoms with Gasteiger partial charge in [0.1, 0.15) is 0 Å². The second-order valence-corrected chi connectivity index (χ2v) is 37.3. The third kappa shape index (κ3) is 21.8. The van der Waals surface area contributed by atoms with Crippen LogP contribution in [0.4, 0.5) is 85.3 Å². The van der Waals surface area contributed by atoms with E-state index in [1.54, 1.807) is 6.20 Å². The first-order valence-corrected chi connectivity index (χ1v) is 50.5. The smallest absolute Gasteiger partial charge is 0.0618 e. The fourth-order valence-electron chi connectivity index (χ4n) is 19.7. The van der Waals surface area contributed by atoms with E-state index in [9.17, 15) is 0 Å². The molecule has 0 unspecified atom stereocenters. The molecule has 0 fully saturated rings. The van der Waals surface area contributed by atoms with Gasteiger partial charge in [-0.05, 0) is 298 Å². The Morgan fingerprint density at radius 1 is 0.135 bits per heavy atom. The largest absolute Gasteiger partial charge is 0.310 e. The summed E-state index contributed by atoms with van der Waals surface area (Å²) in [5, 5.41) is 15.0. The number of anilines is 15. The van der Waals surface area contributed by atoms with Gasteiger partial charge in [-0.25, -0.2) is 0 Å². The van der Waals surface area contributed by atoms with E-state index < -0.39 is 0 Å². The average Bonchev–Trinajstić information content (AvgIpc) is 0.761. The first-order chi connectivity index (χ1) is 73.0. The highest BCUT2D eigenvalue weighted by atomic mass is 15.2. The van der Waals surface area contributed by atoms with Gasteiger partial charge in [-0.1, -0.05) is 399 Å². The van der Waals surface area contributed by atoms with Crippen molar-refractivity contribution < 1.29 is 0 Å². The van der Waals surface area contributed by atoms with Gasteiger partial charge in [-0.2, -0.15) is 0 Å². The third-order valence-electron chi connectivity index (χ3n) is 27.0. The quantitative estimate of drug-likeness (QED) is 0.0747. The van der Waals surface area contributed by atoms with Gasteiger partial charge in [-0.3, -0.25) is 9.97 Å². The minimum Gasteiger partial charge on any atom is -0.310 e. The summed E-state index contributed by atoms with van der Waals surface area (Å²) in [6.45, 7) is 10.7. The van der Waals surface area contributed by atoms with Crippen LogP contribution in [-0.4, -0.2) is 9.97 Å². The molecule has 0 aliphatic heterocycles. The summed E-state index contributed by atoms with van der Waals surface area (Å²) >= 11 is 0. The molecule has 0 atom stereocenters. The van der Waals surface area contributed by atoms with Crippen molar-refractivity contribution in [3.05, 3.63) is 611 Å². The standard InChI is InChI=1S/C36H28N2.C28H22N2.2C27H21N.C23H19N/c1-27-14-18-34(19-15-27)38(35-20-16-30(17-21-35)31-13-8-22-37-26-31)36-24-32(28-9-4-2-5-10-28)23-33(25-36)29-11-6-3-7-12-29;1-21-7-4-12-26(17-21)30(28-15-14-22-8-2-3-9-23(22)18-28)27-13-5-10-24(19-27)25-11-6-16-29-20-25;1-20-16-18-23(19-17-20)28(26-14-6-10-21-8-2-4-12-24(21)26)27-15-7-11-22-9-3-5-13-25(22)27;1-20-10-9-15-24(18-20)28(23-13-3-2-4-14-23)27-25-16-7-5-11-21(25)19-22-12-6-8-17-26(22)27;1-18-14-16-21(17-15-18)24(20-10-3-2-4-11-20)23-13-7-9-19-8-5-6-12-22(19)23/h2-26H,1H3;2-20H,1H3;2*2-19H,1H3;2-17H,1H3. The average molecular weight is 1900 g/mol. The predicted molar refractivity (Wildman–Crippen MR) is 632 cm³/mol. The van der Waals surface area contributed by atoms with Gasteiger partial charge in [0.25, 0.3) is 0 Å². The lowest BCUT2D eigenvalue weighted by Crippen LogP contribution is -2.11. The van der Waals surface area contributed by atoms with Crippen LogP contribution in [0.2, 0.25) is 0 Å². The van der Waals surface area contributed by atoms with E-state index in [0.717, 1.165) is 67.8 Å². The minimum absolute atomic E-state index is 1.10. The Bertz CT molecular complexity index is 8610. The highest BCUT2D eigenvalue weighted by Gasteiger charge is 2.24. The van der Waals surface area contributed by atoms with E-state index in [1.807, 2.05) is 30.7 Å². The first-order valence-electron chi connectivity index (χ1n) is 50.5. The zero-order chi connectivity index (χ0) is 100. The normalized spacial score (nSPS) is 10.9. The molecule has 0 spiro atoms. The zero-order valence-electron chi connectivity index (χ0n) is 83.6. The summed E-state index contributed by atoms with van der Waals surface area (Å²) < 4.78 is 0. The van der Waals surface area contributed by atoms with Crippen LogP contribution in [0.15, 0.2) is 583 Å². The van der Waals surface area contributed by atoms with Gasteiger partial charge in [0, 0.05) is 120 Å². The highest BCUT2D eigenvalue weighted by molar-refractivity contribution is 6.15. The Morgan fingerprint density at radius 2 is 0.426 bits per heavy atom. The van der Waals surface area contributed by atoms with Crippen molar-refractivity contribution in [3.8, 4) is 44.5 Å². The molecule has 23 aromatic carbocycles. The fraction of sp³-hybridized carbons (Fsp3) is 0.0355. The third-order valence-corrected chi connectivity index (χ3v) is 27.0. The molecular weight excluding hydrogens is 1790 g/mol. The molecule has 0 amide bonds. The molecule has 148 heavy (non-hydrogen) atoms. The molecule has 710 valence electrons. The Hall–Kier alpha value is -19.1. The molecule has 0 aliphatic carbocycles. The summed E-state index contributed by atoms with van der Waals surface area (Å²) in [5.41, 5.74) is 32.9. The van der Waals surface area contributed by atoms with Crippen molar-refractivity contribution in [2.45, 2.75) is 34.6 Å². The molecule has 0 saturated carbocycles. The van der Waals surface area contributed by atoms with Crippen LogP contribution in [0, 0.1) is 34.6 Å². The molecule has 0 aliphatic rings. The summed E-state index contributed by atoms with van der Waals surface area (Å²) in [7, 11) is 0. The Morgan fingerprint density at radius 3 is 0.878 bits per heavy atom. The predicted octanol–water partition coefficient (Wildman–Crippen LogP) is 39.7. The van der Waals surface area contributed by atoms with Gasteiger partial charge in [-0.15, -0.1) is 0 Å². The molecule has 7 heteroatoms. The van der Waals surface area contributed by atoms with Crippen LogP contribution in [0.5, 0.6) is 0 Å². The number of hydrogen-bond acceptors (Lipinski definition) is 7.